The van der Waals surface area contributed by atoms with E-state index in [0.717, 1.165) is 5.56 Å². The normalized spacial score (nSPS) is 9.78. The minimum Gasteiger partial charge on any atom is -0.368 e. The zero-order valence-electron chi connectivity index (χ0n) is 9.26. The number of nitrogens with zero attached hydrogens (tertiary/aromatic N) is 4. The van der Waals surface area contributed by atoms with Gasteiger partial charge in [-0.05, 0) is 29.3 Å². The number of halogens is 1. The Bertz CT molecular complexity index is 569. The number of hydrogen-bond donors (Lipinski definition) is 2. The van der Waals surface area contributed by atoms with E-state index < -0.39 is 0 Å². The zero-order chi connectivity index (χ0) is 13.0. The van der Waals surface area contributed by atoms with Crippen molar-refractivity contribution < 1.29 is 0 Å². The fourth-order valence-corrected chi connectivity index (χ4v) is 1.49. The Morgan fingerprint density at radius 2 is 1.94 bits per heavy atom. The Hall–Kier alpha value is -2.39. The van der Waals surface area contributed by atoms with Crippen molar-refractivity contribution in [3.05, 3.63) is 40.7 Å². The van der Waals surface area contributed by atoms with Crippen LogP contribution in [0.15, 0.2) is 24.3 Å². The van der Waals surface area contributed by atoms with Crippen molar-refractivity contribution in [1.82, 2.24) is 15.0 Å². The molecule has 1 heterocycles. The summed E-state index contributed by atoms with van der Waals surface area (Å²) < 4.78 is 0. The molecule has 0 unspecified atom stereocenters. The summed E-state index contributed by atoms with van der Waals surface area (Å²) >= 11 is 5.65. The summed E-state index contributed by atoms with van der Waals surface area (Å²) in [7, 11) is 0. The summed E-state index contributed by atoms with van der Waals surface area (Å²) in [4.78, 5) is 11.4. The van der Waals surface area contributed by atoms with Gasteiger partial charge >= 0.3 is 0 Å². The van der Waals surface area contributed by atoms with Crippen molar-refractivity contribution in [1.29, 1.82) is 5.26 Å². The van der Waals surface area contributed by atoms with E-state index in [9.17, 15) is 0 Å². The number of nitrogens with one attached hydrogen (secondary N) is 1. The van der Waals surface area contributed by atoms with Gasteiger partial charge in [-0.3, -0.25) is 0 Å². The molecule has 6 nitrogen and oxygen atoms in total. The van der Waals surface area contributed by atoms with E-state index in [4.69, 9.17) is 22.6 Å². The van der Waals surface area contributed by atoms with Gasteiger partial charge in [0.15, 0.2) is 0 Å². The van der Waals surface area contributed by atoms with Crippen molar-refractivity contribution in [3.8, 4) is 6.07 Å². The number of nitriles is 1. The zero-order valence-corrected chi connectivity index (χ0v) is 10.0. The monoisotopic (exact) mass is 260 g/mol. The second kappa shape index (κ2) is 5.29. The van der Waals surface area contributed by atoms with Crippen LogP contribution < -0.4 is 11.1 Å². The number of benzene rings is 1. The van der Waals surface area contributed by atoms with E-state index in [0.29, 0.717) is 18.1 Å². The van der Waals surface area contributed by atoms with Gasteiger partial charge in [-0.15, -0.1) is 0 Å². The molecule has 0 amide bonds. The van der Waals surface area contributed by atoms with Gasteiger partial charge in [-0.2, -0.15) is 20.2 Å². The summed E-state index contributed by atoms with van der Waals surface area (Å²) in [5.41, 5.74) is 7.05. The first-order valence-corrected chi connectivity index (χ1v) is 5.45. The second-order valence-electron chi connectivity index (χ2n) is 3.45. The standard InChI is InChI=1S/C11H9ClN6/c12-9-16-10(14)18-11(17-9)15-6-8-3-1-7(5-13)2-4-8/h1-4H,6H2,(H3,14,15,16,17,18). The first-order chi connectivity index (χ1) is 8.67. The second-order valence-corrected chi connectivity index (χ2v) is 3.79. The van der Waals surface area contributed by atoms with Gasteiger partial charge in [-0.1, -0.05) is 12.1 Å². The van der Waals surface area contributed by atoms with E-state index in [2.05, 4.69) is 26.3 Å². The molecule has 0 spiro atoms. The average molecular weight is 261 g/mol. The molecule has 0 fully saturated rings. The highest BCUT2D eigenvalue weighted by molar-refractivity contribution is 6.28. The van der Waals surface area contributed by atoms with E-state index in [-0.39, 0.29) is 11.2 Å². The third kappa shape index (κ3) is 3.06. The highest BCUT2D eigenvalue weighted by Crippen LogP contribution is 2.09. The molecule has 18 heavy (non-hydrogen) atoms. The Balaban J connectivity index is 2.04. The quantitative estimate of drug-likeness (QED) is 0.869. The molecule has 1 aromatic heterocycles. The molecular weight excluding hydrogens is 252 g/mol. The first-order valence-electron chi connectivity index (χ1n) is 5.07. The van der Waals surface area contributed by atoms with Crippen LogP contribution in [0.5, 0.6) is 0 Å². The molecule has 2 rings (SSSR count). The average Bonchev–Trinajstić information content (AvgIpc) is 2.36. The number of aromatic nitrogens is 3. The number of rotatable bonds is 3. The van der Waals surface area contributed by atoms with Crippen LogP contribution in [0.3, 0.4) is 0 Å². The van der Waals surface area contributed by atoms with Crippen molar-refractivity contribution >= 4 is 23.5 Å². The molecule has 0 atom stereocenters. The van der Waals surface area contributed by atoms with Crippen molar-refractivity contribution in [3.63, 3.8) is 0 Å². The highest BCUT2D eigenvalue weighted by Gasteiger charge is 2.02. The molecule has 0 aliphatic heterocycles. The molecule has 3 N–H and O–H groups in total. The summed E-state index contributed by atoms with van der Waals surface area (Å²) in [5, 5.41) is 11.7. The number of anilines is 2. The lowest BCUT2D eigenvalue weighted by molar-refractivity contribution is 1.01. The SMILES string of the molecule is N#Cc1ccc(CNc2nc(N)nc(Cl)n2)cc1. The lowest BCUT2D eigenvalue weighted by Crippen LogP contribution is -2.07. The van der Waals surface area contributed by atoms with Crippen LogP contribution in [0, 0.1) is 11.3 Å². The molecule has 0 bridgehead atoms. The van der Waals surface area contributed by atoms with E-state index in [1.807, 2.05) is 12.1 Å². The maximum Gasteiger partial charge on any atom is 0.229 e. The van der Waals surface area contributed by atoms with Gasteiger partial charge in [0.05, 0.1) is 11.6 Å². The molecule has 90 valence electrons. The van der Waals surface area contributed by atoms with Crippen LogP contribution in [0.4, 0.5) is 11.9 Å². The predicted molar refractivity (Wildman–Crippen MR) is 67.7 cm³/mol. The van der Waals surface area contributed by atoms with Gasteiger partial charge in [0, 0.05) is 6.54 Å². The van der Waals surface area contributed by atoms with Crippen LogP contribution in [-0.4, -0.2) is 15.0 Å². The van der Waals surface area contributed by atoms with Crippen LogP contribution in [0.1, 0.15) is 11.1 Å². The molecule has 2 aromatic rings. The van der Waals surface area contributed by atoms with Crippen LogP contribution in [0.25, 0.3) is 0 Å². The third-order valence-electron chi connectivity index (χ3n) is 2.16. The smallest absolute Gasteiger partial charge is 0.229 e. The minimum atomic E-state index is 0.0461. The molecule has 0 radical (unpaired) electrons. The third-order valence-corrected chi connectivity index (χ3v) is 2.33. The predicted octanol–water partition coefficient (Wildman–Crippen LogP) is 1.59. The topological polar surface area (TPSA) is 101 Å². The molecule has 0 aliphatic rings. The summed E-state index contributed by atoms with van der Waals surface area (Å²) in [6.45, 7) is 0.505. The van der Waals surface area contributed by atoms with Gasteiger partial charge < -0.3 is 11.1 Å². The van der Waals surface area contributed by atoms with Crippen LogP contribution in [0.2, 0.25) is 5.28 Å². The van der Waals surface area contributed by atoms with Gasteiger partial charge in [0.2, 0.25) is 17.2 Å². The lowest BCUT2D eigenvalue weighted by Gasteiger charge is -2.05. The Labute approximate surface area is 108 Å². The van der Waals surface area contributed by atoms with Crippen molar-refractivity contribution in [2.75, 3.05) is 11.1 Å². The van der Waals surface area contributed by atoms with Gasteiger partial charge in [-0.25, -0.2) is 0 Å². The Morgan fingerprint density at radius 3 is 2.56 bits per heavy atom. The first kappa shape index (κ1) is 12.1. The largest absolute Gasteiger partial charge is 0.368 e. The van der Waals surface area contributed by atoms with Gasteiger partial charge in [0.25, 0.3) is 0 Å². The minimum absolute atomic E-state index is 0.0461. The maximum absolute atomic E-state index is 8.68. The van der Waals surface area contributed by atoms with Crippen molar-refractivity contribution in [2.45, 2.75) is 6.54 Å². The molecular formula is C11H9ClN6. The Morgan fingerprint density at radius 1 is 1.22 bits per heavy atom. The van der Waals surface area contributed by atoms with E-state index in [1.54, 1.807) is 12.1 Å². The lowest BCUT2D eigenvalue weighted by atomic mass is 10.1. The van der Waals surface area contributed by atoms with Crippen molar-refractivity contribution in [2.24, 2.45) is 0 Å². The Kier molecular flexibility index (Phi) is 3.55. The maximum atomic E-state index is 8.68. The number of nitrogens with two attached hydrogens (primary N) is 1. The summed E-state index contributed by atoms with van der Waals surface area (Å²) in [5.74, 6) is 0.384. The number of hydrogen-bond acceptors (Lipinski definition) is 6. The van der Waals surface area contributed by atoms with Crippen LogP contribution >= 0.6 is 11.6 Å². The molecule has 1 aromatic carbocycles. The molecule has 0 saturated carbocycles. The summed E-state index contributed by atoms with van der Waals surface area (Å²) in [6, 6.07) is 9.23. The molecule has 0 aliphatic carbocycles. The van der Waals surface area contributed by atoms with E-state index in [1.165, 1.54) is 0 Å². The summed E-state index contributed by atoms with van der Waals surface area (Å²) in [6.07, 6.45) is 0. The fraction of sp³-hybridized carbons (Fsp3) is 0.0909. The fourth-order valence-electron chi connectivity index (χ4n) is 1.32. The van der Waals surface area contributed by atoms with Gasteiger partial charge in [0.1, 0.15) is 0 Å². The van der Waals surface area contributed by atoms with Crippen LogP contribution in [-0.2, 0) is 6.54 Å². The molecule has 7 heteroatoms. The van der Waals surface area contributed by atoms with E-state index >= 15 is 0 Å². The highest BCUT2D eigenvalue weighted by atomic mass is 35.5. The molecule has 0 saturated heterocycles. The number of nitrogen functional groups attached to an aromatic ring is 1.